The van der Waals surface area contributed by atoms with E-state index >= 15 is 0 Å². The Balaban J connectivity index is 1.35. The zero-order chi connectivity index (χ0) is 19.5. The molecule has 5 nitrogen and oxygen atoms in total. The lowest BCUT2D eigenvalue weighted by atomic mass is 10.1. The Hall–Kier alpha value is -2.08. The zero-order valence-corrected chi connectivity index (χ0v) is 16.9. The number of halogens is 1. The first-order chi connectivity index (χ1) is 13.6. The topological polar surface area (TPSA) is 50.0 Å². The van der Waals surface area contributed by atoms with Gasteiger partial charge in [0.1, 0.15) is 11.4 Å². The van der Waals surface area contributed by atoms with Crippen LogP contribution in [0.2, 0.25) is 5.02 Å². The Morgan fingerprint density at radius 3 is 2.61 bits per heavy atom. The van der Waals surface area contributed by atoms with E-state index in [-0.39, 0.29) is 11.9 Å². The van der Waals surface area contributed by atoms with Crippen LogP contribution in [-0.4, -0.2) is 38.6 Å². The van der Waals surface area contributed by atoms with E-state index in [0.717, 1.165) is 60.8 Å². The van der Waals surface area contributed by atoms with Crippen molar-refractivity contribution in [2.24, 2.45) is 0 Å². The van der Waals surface area contributed by atoms with Crippen LogP contribution in [0.5, 0.6) is 5.75 Å². The SMILES string of the molecule is CCc1nc2ccc(Cl)cn2c1CN1CCC(OCc2ccc(O)cc2)CC1. The largest absolute Gasteiger partial charge is 0.508 e. The first kappa shape index (κ1) is 19.2. The molecule has 4 rings (SSSR count). The van der Waals surface area contributed by atoms with Gasteiger partial charge >= 0.3 is 0 Å². The fraction of sp³-hybridized carbons (Fsp3) is 0.409. The average Bonchev–Trinajstić information content (AvgIpc) is 3.05. The van der Waals surface area contributed by atoms with Gasteiger partial charge in [0.05, 0.1) is 29.1 Å². The van der Waals surface area contributed by atoms with Crippen LogP contribution in [-0.2, 0) is 24.3 Å². The summed E-state index contributed by atoms with van der Waals surface area (Å²) in [7, 11) is 0. The van der Waals surface area contributed by atoms with Crippen molar-refractivity contribution in [1.82, 2.24) is 14.3 Å². The second-order valence-electron chi connectivity index (χ2n) is 7.39. The third-order valence-electron chi connectivity index (χ3n) is 5.43. The normalized spacial score (nSPS) is 16.1. The zero-order valence-electron chi connectivity index (χ0n) is 16.1. The summed E-state index contributed by atoms with van der Waals surface area (Å²) in [6.07, 6.45) is 5.22. The molecule has 0 unspecified atom stereocenters. The number of fused-ring (bicyclic) bond motifs is 1. The van der Waals surface area contributed by atoms with Crippen molar-refractivity contribution >= 4 is 17.2 Å². The minimum Gasteiger partial charge on any atom is -0.508 e. The van der Waals surface area contributed by atoms with E-state index in [4.69, 9.17) is 21.3 Å². The van der Waals surface area contributed by atoms with Gasteiger partial charge < -0.3 is 14.2 Å². The summed E-state index contributed by atoms with van der Waals surface area (Å²) in [6, 6.07) is 11.1. The van der Waals surface area contributed by atoms with Crippen LogP contribution >= 0.6 is 11.6 Å². The maximum atomic E-state index is 9.37. The Labute approximate surface area is 170 Å². The molecule has 28 heavy (non-hydrogen) atoms. The van der Waals surface area contributed by atoms with Gasteiger partial charge in [0.2, 0.25) is 0 Å². The number of phenolic OH excluding ortho intramolecular Hbond substituents is 1. The number of rotatable bonds is 6. The van der Waals surface area contributed by atoms with Crippen LogP contribution in [0.25, 0.3) is 5.65 Å². The van der Waals surface area contributed by atoms with Gasteiger partial charge in [0, 0.05) is 25.8 Å². The highest BCUT2D eigenvalue weighted by Crippen LogP contribution is 2.22. The minimum atomic E-state index is 0.285. The highest BCUT2D eigenvalue weighted by Gasteiger charge is 2.22. The summed E-state index contributed by atoms with van der Waals surface area (Å²) >= 11 is 6.21. The number of aryl methyl sites for hydroxylation is 1. The minimum absolute atomic E-state index is 0.285. The number of nitrogens with zero attached hydrogens (tertiary/aromatic N) is 3. The number of hydrogen-bond donors (Lipinski definition) is 1. The van der Waals surface area contributed by atoms with Crippen molar-refractivity contribution < 1.29 is 9.84 Å². The van der Waals surface area contributed by atoms with E-state index < -0.39 is 0 Å². The summed E-state index contributed by atoms with van der Waals surface area (Å²) in [4.78, 5) is 7.23. The van der Waals surface area contributed by atoms with Crippen molar-refractivity contribution in [2.45, 2.75) is 45.4 Å². The number of pyridine rings is 1. The van der Waals surface area contributed by atoms with E-state index in [1.165, 1.54) is 5.69 Å². The maximum absolute atomic E-state index is 9.37. The average molecular weight is 400 g/mol. The molecule has 1 aromatic carbocycles. The summed E-state index contributed by atoms with van der Waals surface area (Å²) in [6.45, 7) is 5.65. The first-order valence-electron chi connectivity index (χ1n) is 9.89. The number of likely N-dealkylation sites (tertiary alicyclic amines) is 1. The first-order valence-corrected chi connectivity index (χ1v) is 10.3. The van der Waals surface area contributed by atoms with Crippen molar-refractivity contribution in [1.29, 1.82) is 0 Å². The maximum Gasteiger partial charge on any atom is 0.137 e. The predicted molar refractivity (Wildman–Crippen MR) is 111 cm³/mol. The fourth-order valence-corrected chi connectivity index (χ4v) is 3.98. The summed E-state index contributed by atoms with van der Waals surface area (Å²) in [5.41, 5.74) is 4.44. The molecule has 3 heterocycles. The van der Waals surface area contributed by atoms with E-state index in [1.54, 1.807) is 12.1 Å². The lowest BCUT2D eigenvalue weighted by molar-refractivity contribution is -0.00423. The molecule has 1 saturated heterocycles. The smallest absolute Gasteiger partial charge is 0.137 e. The highest BCUT2D eigenvalue weighted by atomic mass is 35.5. The van der Waals surface area contributed by atoms with Gasteiger partial charge in [-0.3, -0.25) is 4.90 Å². The molecule has 0 aliphatic carbocycles. The lowest BCUT2D eigenvalue weighted by Crippen LogP contribution is -2.37. The van der Waals surface area contributed by atoms with Gasteiger partial charge in [-0.05, 0) is 49.1 Å². The van der Waals surface area contributed by atoms with Gasteiger partial charge in [-0.15, -0.1) is 0 Å². The Morgan fingerprint density at radius 1 is 1.14 bits per heavy atom. The molecule has 0 atom stereocenters. The van der Waals surface area contributed by atoms with Gasteiger partial charge in [-0.25, -0.2) is 4.98 Å². The van der Waals surface area contributed by atoms with Crippen LogP contribution in [0.3, 0.4) is 0 Å². The number of benzene rings is 1. The summed E-state index contributed by atoms with van der Waals surface area (Å²) in [5.74, 6) is 0.289. The van der Waals surface area contributed by atoms with Gasteiger partial charge in [0.15, 0.2) is 0 Å². The predicted octanol–water partition coefficient (Wildman–Crippen LogP) is 4.44. The molecule has 1 N–H and O–H groups in total. The second kappa shape index (κ2) is 8.52. The van der Waals surface area contributed by atoms with Crippen molar-refractivity contribution in [3.8, 4) is 5.75 Å². The molecule has 0 spiro atoms. The second-order valence-corrected chi connectivity index (χ2v) is 7.82. The summed E-state index contributed by atoms with van der Waals surface area (Å²) in [5, 5.41) is 10.1. The number of imidazole rings is 1. The third-order valence-corrected chi connectivity index (χ3v) is 5.65. The molecule has 0 bridgehead atoms. The monoisotopic (exact) mass is 399 g/mol. The van der Waals surface area contributed by atoms with Crippen LogP contribution in [0.15, 0.2) is 42.6 Å². The molecule has 0 amide bonds. The molecule has 0 saturated carbocycles. The highest BCUT2D eigenvalue weighted by molar-refractivity contribution is 6.30. The van der Waals surface area contributed by atoms with Crippen LogP contribution in [0, 0.1) is 0 Å². The lowest BCUT2D eigenvalue weighted by Gasteiger charge is -2.32. The Morgan fingerprint density at radius 2 is 1.89 bits per heavy atom. The number of ether oxygens (including phenoxy) is 1. The quantitative estimate of drug-likeness (QED) is 0.665. The Bertz CT molecular complexity index is 931. The number of aromatic nitrogens is 2. The van der Waals surface area contributed by atoms with E-state index in [0.29, 0.717) is 6.61 Å². The third kappa shape index (κ3) is 4.32. The van der Waals surface area contributed by atoms with Crippen LogP contribution in [0.4, 0.5) is 0 Å². The molecule has 0 radical (unpaired) electrons. The molecule has 2 aromatic heterocycles. The number of piperidine rings is 1. The molecule has 1 aliphatic rings. The Kier molecular flexibility index (Phi) is 5.85. The molecule has 1 aliphatic heterocycles. The standard InChI is InChI=1S/C22H26ClN3O2/c1-2-20-21(26-13-17(23)5-8-22(26)24-20)14-25-11-9-19(10-12-25)28-15-16-3-6-18(27)7-4-16/h3-8,13,19,27H,2,9-12,14-15H2,1H3. The van der Waals surface area contributed by atoms with E-state index in [2.05, 4.69) is 16.2 Å². The van der Waals surface area contributed by atoms with Crippen molar-refractivity contribution in [3.63, 3.8) is 0 Å². The molecule has 3 aromatic rings. The molecule has 1 fully saturated rings. The van der Waals surface area contributed by atoms with E-state index in [1.807, 2.05) is 30.5 Å². The molecule has 148 valence electrons. The molecular weight excluding hydrogens is 374 g/mol. The number of phenols is 1. The van der Waals surface area contributed by atoms with Gasteiger partial charge in [0.25, 0.3) is 0 Å². The molecular formula is C22H26ClN3O2. The molecule has 6 heteroatoms. The van der Waals surface area contributed by atoms with E-state index in [9.17, 15) is 5.11 Å². The van der Waals surface area contributed by atoms with Gasteiger partial charge in [-0.2, -0.15) is 0 Å². The number of aromatic hydroxyl groups is 1. The summed E-state index contributed by atoms with van der Waals surface area (Å²) < 4.78 is 8.21. The van der Waals surface area contributed by atoms with Crippen molar-refractivity contribution in [2.75, 3.05) is 13.1 Å². The van der Waals surface area contributed by atoms with Crippen LogP contribution in [0.1, 0.15) is 36.7 Å². The van der Waals surface area contributed by atoms with Gasteiger partial charge in [-0.1, -0.05) is 30.7 Å². The number of hydrogen-bond acceptors (Lipinski definition) is 4. The van der Waals surface area contributed by atoms with Crippen molar-refractivity contribution in [3.05, 3.63) is 64.6 Å². The fourth-order valence-electron chi connectivity index (χ4n) is 3.82. The van der Waals surface area contributed by atoms with Crippen LogP contribution < -0.4 is 0 Å².